The van der Waals surface area contributed by atoms with Crippen LogP contribution in [0.1, 0.15) is 11.1 Å². The van der Waals surface area contributed by atoms with E-state index in [2.05, 4.69) is 34.1 Å². The van der Waals surface area contributed by atoms with E-state index in [1.54, 1.807) is 11.9 Å². The average molecular weight is 481 g/mol. The summed E-state index contributed by atoms with van der Waals surface area (Å²) in [4.78, 5) is 40.2. The largest absolute Gasteiger partial charge is 0.340 e. The summed E-state index contributed by atoms with van der Waals surface area (Å²) in [5, 5.41) is 0.652. The number of hydrogen-bond acceptors (Lipinski definition) is 6. The molecule has 5 rings (SSSR count). The second-order valence-corrected chi connectivity index (χ2v) is 9.45. The minimum absolute atomic E-state index is 0.235. The highest BCUT2D eigenvalue weighted by Gasteiger charge is 2.52. The number of urea groups is 1. The molecular formula is C25H29ClN6O2. The zero-order chi connectivity index (χ0) is 23.8. The van der Waals surface area contributed by atoms with Gasteiger partial charge in [0.05, 0.1) is 0 Å². The molecule has 3 amide bonds. The minimum atomic E-state index is -0.568. The maximum atomic E-state index is 13.2. The summed E-state index contributed by atoms with van der Waals surface area (Å²) >= 11 is 6.48. The van der Waals surface area contributed by atoms with E-state index >= 15 is 0 Å². The SMILES string of the molecule is CN1C(=O)C2C(N=C(N3CCN(Cc4ccccc4)CC3)N2Cc2ccccc2Cl)N(C)C1=O. The van der Waals surface area contributed by atoms with Crippen LogP contribution in [0.5, 0.6) is 0 Å². The van der Waals surface area contributed by atoms with Crippen LogP contribution in [0, 0.1) is 0 Å². The van der Waals surface area contributed by atoms with Crippen molar-refractivity contribution in [2.24, 2.45) is 4.99 Å². The zero-order valence-electron chi connectivity index (χ0n) is 19.5. The van der Waals surface area contributed by atoms with Crippen molar-refractivity contribution in [1.82, 2.24) is 24.5 Å². The van der Waals surface area contributed by atoms with Crippen LogP contribution in [0.25, 0.3) is 0 Å². The Kier molecular flexibility index (Phi) is 6.18. The first-order valence-electron chi connectivity index (χ1n) is 11.6. The number of carbonyl (C=O) groups excluding carboxylic acids is 2. The summed E-state index contributed by atoms with van der Waals surface area (Å²) in [5.41, 5.74) is 2.23. The van der Waals surface area contributed by atoms with E-state index in [1.807, 2.05) is 35.2 Å². The summed E-state index contributed by atoms with van der Waals surface area (Å²) in [6.45, 7) is 4.75. The monoisotopic (exact) mass is 480 g/mol. The lowest BCUT2D eigenvalue weighted by Crippen LogP contribution is -2.64. The second kappa shape index (κ2) is 9.27. The topological polar surface area (TPSA) is 62.7 Å². The third-order valence-electron chi connectivity index (χ3n) is 6.89. The highest BCUT2D eigenvalue weighted by Crippen LogP contribution is 2.31. The Morgan fingerprint density at radius 2 is 1.59 bits per heavy atom. The molecule has 2 saturated heterocycles. The van der Waals surface area contributed by atoms with Crippen LogP contribution in [-0.4, -0.2) is 94.9 Å². The lowest BCUT2D eigenvalue weighted by molar-refractivity contribution is -0.136. The fraction of sp³-hybridized carbons (Fsp3) is 0.400. The Bertz CT molecular complexity index is 1100. The van der Waals surface area contributed by atoms with Crippen molar-refractivity contribution in [1.29, 1.82) is 0 Å². The molecule has 0 N–H and O–H groups in total. The number of aliphatic imine (C=N–C) groups is 1. The molecule has 2 atom stereocenters. The van der Waals surface area contributed by atoms with Crippen molar-refractivity contribution < 1.29 is 9.59 Å². The minimum Gasteiger partial charge on any atom is -0.340 e. The first-order valence-corrected chi connectivity index (χ1v) is 12.0. The molecule has 0 bridgehead atoms. The van der Waals surface area contributed by atoms with E-state index in [1.165, 1.54) is 17.5 Å². The predicted molar refractivity (Wildman–Crippen MR) is 131 cm³/mol. The zero-order valence-corrected chi connectivity index (χ0v) is 20.2. The molecule has 0 spiro atoms. The van der Waals surface area contributed by atoms with Crippen LogP contribution in [0.2, 0.25) is 5.02 Å². The van der Waals surface area contributed by atoms with Crippen molar-refractivity contribution >= 4 is 29.5 Å². The highest BCUT2D eigenvalue weighted by molar-refractivity contribution is 6.31. The number of rotatable bonds is 4. The number of nitrogens with zero attached hydrogens (tertiary/aromatic N) is 6. The fourth-order valence-corrected chi connectivity index (χ4v) is 5.14. The molecule has 34 heavy (non-hydrogen) atoms. The Balaban J connectivity index is 1.38. The molecule has 2 fully saturated rings. The Morgan fingerprint density at radius 3 is 2.29 bits per heavy atom. The number of hydrogen-bond donors (Lipinski definition) is 0. The van der Waals surface area contributed by atoms with Crippen LogP contribution >= 0.6 is 11.6 Å². The Hall–Kier alpha value is -3.10. The average Bonchev–Trinajstić information content (AvgIpc) is 3.23. The summed E-state index contributed by atoms with van der Waals surface area (Å²) in [5.74, 6) is 0.527. The highest BCUT2D eigenvalue weighted by atomic mass is 35.5. The lowest BCUT2D eigenvalue weighted by Gasteiger charge is -2.42. The number of guanidine groups is 1. The maximum absolute atomic E-state index is 13.2. The molecule has 0 aromatic heterocycles. The normalized spacial score (nSPS) is 23.4. The molecule has 3 heterocycles. The van der Waals surface area contributed by atoms with E-state index < -0.39 is 12.2 Å². The standard InChI is InChI=1S/C25H29ClN6O2/c1-28-22-21(23(33)29(2)25(28)34)32(17-19-10-6-7-11-20(19)26)24(27-22)31-14-12-30(13-15-31)16-18-8-4-3-5-9-18/h3-11,21-22H,12-17H2,1-2H3. The molecule has 2 aromatic rings. The number of amides is 3. The van der Waals surface area contributed by atoms with Gasteiger partial charge in [0.25, 0.3) is 5.91 Å². The fourth-order valence-electron chi connectivity index (χ4n) is 4.94. The summed E-state index contributed by atoms with van der Waals surface area (Å²) in [6.07, 6.45) is -0.545. The van der Waals surface area contributed by atoms with Gasteiger partial charge in [-0.2, -0.15) is 0 Å². The van der Waals surface area contributed by atoms with Gasteiger partial charge in [-0.1, -0.05) is 60.1 Å². The molecule has 8 nitrogen and oxygen atoms in total. The summed E-state index contributed by atoms with van der Waals surface area (Å²) in [7, 11) is 3.24. The van der Waals surface area contributed by atoms with Crippen molar-refractivity contribution in [3.63, 3.8) is 0 Å². The van der Waals surface area contributed by atoms with Gasteiger partial charge in [0, 0.05) is 58.4 Å². The first kappa shape index (κ1) is 22.7. The van der Waals surface area contributed by atoms with Crippen LogP contribution in [0.4, 0.5) is 4.79 Å². The van der Waals surface area contributed by atoms with Gasteiger partial charge >= 0.3 is 6.03 Å². The van der Waals surface area contributed by atoms with Gasteiger partial charge in [-0.25, -0.2) is 9.79 Å². The van der Waals surface area contributed by atoms with E-state index in [9.17, 15) is 9.59 Å². The third-order valence-corrected chi connectivity index (χ3v) is 7.26. The lowest BCUT2D eigenvalue weighted by atomic mass is 10.1. The number of benzene rings is 2. The van der Waals surface area contributed by atoms with Crippen LogP contribution in [0.15, 0.2) is 59.6 Å². The van der Waals surface area contributed by atoms with E-state index in [-0.39, 0.29) is 11.9 Å². The van der Waals surface area contributed by atoms with Gasteiger partial charge in [0.15, 0.2) is 18.2 Å². The van der Waals surface area contributed by atoms with Gasteiger partial charge in [0.1, 0.15) is 0 Å². The van der Waals surface area contributed by atoms with Crippen LogP contribution in [-0.2, 0) is 17.9 Å². The number of imide groups is 1. The van der Waals surface area contributed by atoms with Gasteiger partial charge in [0.2, 0.25) is 0 Å². The van der Waals surface area contributed by atoms with Gasteiger partial charge in [-0.05, 0) is 17.2 Å². The van der Waals surface area contributed by atoms with Crippen LogP contribution < -0.4 is 0 Å². The van der Waals surface area contributed by atoms with Crippen molar-refractivity contribution in [3.8, 4) is 0 Å². The molecule has 9 heteroatoms. The molecular weight excluding hydrogens is 452 g/mol. The van der Waals surface area contributed by atoms with Crippen molar-refractivity contribution in [3.05, 3.63) is 70.7 Å². The van der Waals surface area contributed by atoms with E-state index in [0.29, 0.717) is 11.6 Å². The summed E-state index contributed by atoms with van der Waals surface area (Å²) in [6, 6.07) is 17.2. The molecule has 2 unspecified atom stereocenters. The van der Waals surface area contributed by atoms with E-state index in [0.717, 1.165) is 44.2 Å². The number of piperazine rings is 1. The molecule has 0 radical (unpaired) electrons. The predicted octanol–water partition coefficient (Wildman–Crippen LogP) is 2.55. The quantitative estimate of drug-likeness (QED) is 0.673. The molecule has 0 aliphatic carbocycles. The first-order chi connectivity index (χ1) is 16.4. The van der Waals surface area contributed by atoms with E-state index in [4.69, 9.17) is 16.6 Å². The molecule has 178 valence electrons. The molecule has 3 aliphatic heterocycles. The smallest absolute Gasteiger partial charge is 0.328 e. The van der Waals surface area contributed by atoms with Crippen molar-refractivity contribution in [2.45, 2.75) is 25.3 Å². The summed E-state index contributed by atoms with van der Waals surface area (Å²) < 4.78 is 0. The Labute approximate surface area is 205 Å². The second-order valence-electron chi connectivity index (χ2n) is 9.05. The van der Waals surface area contributed by atoms with Gasteiger partial charge in [-0.3, -0.25) is 14.6 Å². The number of halogens is 1. The number of likely N-dealkylation sites (N-methyl/N-ethyl adjacent to an activating group) is 2. The third kappa shape index (κ3) is 4.12. The van der Waals surface area contributed by atoms with Gasteiger partial charge < -0.3 is 14.7 Å². The molecule has 3 aliphatic rings. The molecule has 0 saturated carbocycles. The van der Waals surface area contributed by atoms with Gasteiger partial charge in [-0.15, -0.1) is 0 Å². The Morgan fingerprint density at radius 1 is 0.912 bits per heavy atom. The van der Waals surface area contributed by atoms with Crippen molar-refractivity contribution in [2.75, 3.05) is 40.3 Å². The maximum Gasteiger partial charge on any atom is 0.328 e. The molecule has 2 aromatic carbocycles. The number of carbonyl (C=O) groups is 2. The number of fused-ring (bicyclic) bond motifs is 1. The van der Waals surface area contributed by atoms with Crippen LogP contribution in [0.3, 0.4) is 0 Å².